The fraction of sp³-hybridized carbons (Fsp3) is 0.545. The maximum absolute atomic E-state index is 14.6. The number of amides is 3. The van der Waals surface area contributed by atoms with Gasteiger partial charge in [0.15, 0.2) is 11.5 Å². The molecule has 41 heavy (non-hydrogen) atoms. The van der Waals surface area contributed by atoms with Gasteiger partial charge in [0.1, 0.15) is 11.8 Å². The van der Waals surface area contributed by atoms with E-state index in [2.05, 4.69) is 0 Å². The number of ether oxygens (including phenoxy) is 3. The Labute approximate surface area is 241 Å². The van der Waals surface area contributed by atoms with Crippen LogP contribution in [-0.2, 0) is 20.8 Å². The summed E-state index contributed by atoms with van der Waals surface area (Å²) in [4.78, 5) is 44.9. The first-order chi connectivity index (χ1) is 19.8. The van der Waals surface area contributed by atoms with Gasteiger partial charge >= 0.3 is 0 Å². The van der Waals surface area contributed by atoms with Gasteiger partial charge in [0.05, 0.1) is 38.3 Å². The third-order valence-electron chi connectivity index (χ3n) is 9.75. The first-order valence-corrected chi connectivity index (χ1v) is 15.0. The Morgan fingerprint density at radius 2 is 1.56 bits per heavy atom. The number of anilines is 1. The van der Waals surface area contributed by atoms with E-state index in [0.717, 1.165) is 24.8 Å². The minimum absolute atomic E-state index is 0.00388. The number of rotatable bonds is 10. The van der Waals surface area contributed by atoms with Gasteiger partial charge in [-0.25, -0.2) is 4.90 Å². The summed E-state index contributed by atoms with van der Waals surface area (Å²) in [6, 6.07) is 11.9. The van der Waals surface area contributed by atoms with E-state index < -0.39 is 11.5 Å². The highest BCUT2D eigenvalue weighted by Crippen LogP contribution is 2.60. The highest BCUT2D eigenvalue weighted by atomic mass is 16.5. The summed E-state index contributed by atoms with van der Waals surface area (Å²) < 4.78 is 16.4. The maximum Gasteiger partial charge on any atom is 0.257 e. The largest absolute Gasteiger partial charge is 0.494 e. The van der Waals surface area contributed by atoms with Gasteiger partial charge in [0, 0.05) is 6.54 Å². The fourth-order valence-electron chi connectivity index (χ4n) is 8.35. The van der Waals surface area contributed by atoms with Gasteiger partial charge in [-0.15, -0.1) is 0 Å². The number of carbonyl (C=O) groups is 3. The van der Waals surface area contributed by atoms with Gasteiger partial charge in [-0.05, 0) is 112 Å². The lowest BCUT2D eigenvalue weighted by Gasteiger charge is -2.57. The lowest BCUT2D eigenvalue weighted by atomic mass is 9.49. The molecular weight excluding hydrogens is 520 g/mol. The molecule has 5 fully saturated rings. The lowest BCUT2D eigenvalue weighted by molar-refractivity contribution is -0.161. The van der Waals surface area contributed by atoms with Gasteiger partial charge in [-0.2, -0.15) is 0 Å². The van der Waals surface area contributed by atoms with Crippen LogP contribution in [0.15, 0.2) is 42.5 Å². The Balaban J connectivity index is 1.29. The predicted molar refractivity (Wildman–Crippen MR) is 154 cm³/mol. The van der Waals surface area contributed by atoms with Crippen molar-refractivity contribution in [1.29, 1.82) is 0 Å². The van der Waals surface area contributed by atoms with Crippen molar-refractivity contribution in [1.82, 2.24) is 4.90 Å². The standard InChI is InChI=1S/C33H40N2O6/c1-4-41-26-8-6-25(7-9-26)35-30(36)17-27(31(35)37)34(12-11-21-5-10-28(39-2)29(16-21)40-3)32(38)33-18-22-13-23(19-33)15-24(14-22)20-33/h5-10,16,22-24,27H,4,11-15,17-20H2,1-3H3. The van der Waals surface area contributed by atoms with Gasteiger partial charge in [-0.3, -0.25) is 14.4 Å². The average molecular weight is 561 g/mol. The van der Waals surface area contributed by atoms with E-state index in [9.17, 15) is 14.4 Å². The Bertz CT molecular complexity index is 1290. The Kier molecular flexibility index (Phi) is 7.43. The van der Waals surface area contributed by atoms with Crippen LogP contribution in [0.2, 0.25) is 0 Å². The van der Waals surface area contributed by atoms with E-state index in [1.165, 1.54) is 24.2 Å². The van der Waals surface area contributed by atoms with Crippen molar-refractivity contribution >= 4 is 23.4 Å². The molecule has 8 heteroatoms. The zero-order valence-corrected chi connectivity index (χ0v) is 24.3. The SMILES string of the molecule is CCOc1ccc(N2C(=O)CC(N(CCc3ccc(OC)c(OC)c3)C(=O)C34CC5CC(CC(C5)C3)C4)C2=O)cc1. The third-order valence-corrected chi connectivity index (χ3v) is 9.75. The zero-order valence-electron chi connectivity index (χ0n) is 24.3. The number of benzene rings is 2. The average Bonchev–Trinajstić information content (AvgIpc) is 3.26. The molecule has 2 aromatic rings. The van der Waals surface area contributed by atoms with Crippen LogP contribution in [0.4, 0.5) is 5.69 Å². The number of nitrogens with zero attached hydrogens (tertiary/aromatic N) is 2. The highest BCUT2D eigenvalue weighted by Gasteiger charge is 2.57. The smallest absolute Gasteiger partial charge is 0.257 e. The number of imide groups is 1. The van der Waals surface area contributed by atoms with Crippen molar-refractivity contribution in [3.05, 3.63) is 48.0 Å². The zero-order chi connectivity index (χ0) is 28.7. The molecule has 0 radical (unpaired) electrons. The normalized spacial score (nSPS) is 28.2. The minimum atomic E-state index is -0.810. The van der Waals surface area contributed by atoms with E-state index in [1.54, 1.807) is 43.4 Å². The van der Waals surface area contributed by atoms with Crippen LogP contribution in [0.3, 0.4) is 0 Å². The predicted octanol–water partition coefficient (Wildman–Crippen LogP) is 5.02. The van der Waals surface area contributed by atoms with Crippen molar-refractivity contribution in [3.8, 4) is 17.2 Å². The summed E-state index contributed by atoms with van der Waals surface area (Å²) >= 11 is 0. The number of methoxy groups -OCH3 is 2. The van der Waals surface area contributed by atoms with Crippen molar-refractivity contribution in [2.75, 3.05) is 32.3 Å². The Hall–Kier alpha value is -3.55. The highest BCUT2D eigenvalue weighted by molar-refractivity contribution is 6.23. The molecule has 7 rings (SSSR count). The van der Waals surface area contributed by atoms with Crippen molar-refractivity contribution in [2.45, 2.75) is 64.3 Å². The van der Waals surface area contributed by atoms with Crippen LogP contribution >= 0.6 is 0 Å². The molecule has 0 spiro atoms. The topological polar surface area (TPSA) is 85.4 Å². The first kappa shape index (κ1) is 27.6. The van der Waals surface area contributed by atoms with Crippen LogP contribution < -0.4 is 19.1 Å². The first-order valence-electron chi connectivity index (χ1n) is 15.0. The van der Waals surface area contributed by atoms with Gasteiger partial charge < -0.3 is 19.1 Å². The molecule has 5 aliphatic rings. The molecule has 4 aliphatic carbocycles. The van der Waals surface area contributed by atoms with Gasteiger partial charge in [0.2, 0.25) is 11.8 Å². The van der Waals surface area contributed by atoms with Crippen LogP contribution in [0.25, 0.3) is 0 Å². The molecule has 218 valence electrons. The monoisotopic (exact) mass is 560 g/mol. The molecule has 0 N–H and O–H groups in total. The van der Waals surface area contributed by atoms with Crippen LogP contribution in [-0.4, -0.2) is 56.0 Å². The third kappa shape index (κ3) is 5.06. The molecule has 3 amide bonds. The molecule has 1 unspecified atom stereocenters. The molecular formula is C33H40N2O6. The second-order valence-electron chi connectivity index (χ2n) is 12.3. The van der Waals surface area contributed by atoms with Gasteiger partial charge in [-0.1, -0.05) is 6.07 Å². The molecule has 1 atom stereocenters. The second kappa shape index (κ2) is 11.0. The second-order valence-corrected chi connectivity index (χ2v) is 12.3. The summed E-state index contributed by atoms with van der Waals surface area (Å²) in [5, 5.41) is 0. The van der Waals surface area contributed by atoms with Crippen LogP contribution in [0.5, 0.6) is 17.2 Å². The summed E-state index contributed by atoms with van der Waals surface area (Å²) in [6.45, 7) is 2.80. The molecule has 2 aromatic carbocycles. The summed E-state index contributed by atoms with van der Waals surface area (Å²) in [6.07, 6.45) is 6.93. The number of hydrogen-bond acceptors (Lipinski definition) is 6. The van der Waals surface area contributed by atoms with Crippen molar-refractivity contribution < 1.29 is 28.6 Å². The van der Waals surface area contributed by atoms with E-state index in [-0.39, 0.29) is 24.1 Å². The Morgan fingerprint density at radius 1 is 0.927 bits per heavy atom. The molecule has 0 aromatic heterocycles. The molecule has 1 heterocycles. The van der Waals surface area contributed by atoms with Crippen molar-refractivity contribution in [2.24, 2.45) is 23.2 Å². The van der Waals surface area contributed by atoms with Crippen LogP contribution in [0.1, 0.15) is 57.4 Å². The summed E-state index contributed by atoms with van der Waals surface area (Å²) in [7, 11) is 3.20. The van der Waals surface area contributed by atoms with Gasteiger partial charge in [0.25, 0.3) is 5.91 Å². The van der Waals surface area contributed by atoms with E-state index >= 15 is 0 Å². The molecule has 4 saturated carbocycles. The van der Waals surface area contributed by atoms with Crippen molar-refractivity contribution in [3.63, 3.8) is 0 Å². The molecule has 1 saturated heterocycles. The van der Waals surface area contributed by atoms with Crippen LogP contribution in [0, 0.1) is 23.2 Å². The minimum Gasteiger partial charge on any atom is -0.494 e. The molecule has 8 nitrogen and oxygen atoms in total. The summed E-state index contributed by atoms with van der Waals surface area (Å²) in [5.74, 6) is 3.19. The number of carbonyl (C=O) groups excluding carboxylic acids is 3. The maximum atomic E-state index is 14.6. The fourth-order valence-corrected chi connectivity index (χ4v) is 8.35. The molecule has 4 bridgehead atoms. The lowest BCUT2D eigenvalue weighted by Crippen LogP contribution is -2.58. The van der Waals surface area contributed by atoms with E-state index in [4.69, 9.17) is 14.2 Å². The number of hydrogen-bond donors (Lipinski definition) is 0. The quantitative estimate of drug-likeness (QED) is 0.380. The van der Waals surface area contributed by atoms with E-state index in [1.807, 2.05) is 25.1 Å². The summed E-state index contributed by atoms with van der Waals surface area (Å²) in [5.41, 5.74) is 1.07. The van der Waals surface area contributed by atoms with E-state index in [0.29, 0.717) is 60.3 Å². The Morgan fingerprint density at radius 3 is 2.15 bits per heavy atom. The molecule has 1 aliphatic heterocycles.